The third-order valence-electron chi connectivity index (χ3n) is 1.70. The van der Waals surface area contributed by atoms with Crippen molar-refractivity contribution in [2.24, 2.45) is 0 Å². The second-order valence-electron chi connectivity index (χ2n) is 2.59. The number of phenols is 2. The largest absolute Gasteiger partial charge is 0.504 e. The SMILES string of the molecule is O=C(NO)C(O)c1cccc(O)c1O. The Balaban J connectivity index is 3.07. The van der Waals surface area contributed by atoms with E-state index in [1.54, 1.807) is 0 Å². The number of nitrogens with one attached hydrogen (secondary N) is 1. The van der Waals surface area contributed by atoms with Crippen molar-refractivity contribution >= 4 is 5.91 Å². The van der Waals surface area contributed by atoms with Crippen molar-refractivity contribution in [2.45, 2.75) is 6.10 Å². The molecule has 0 aliphatic heterocycles. The van der Waals surface area contributed by atoms with Crippen molar-refractivity contribution in [3.63, 3.8) is 0 Å². The number of aliphatic hydroxyl groups excluding tert-OH is 1. The molecule has 1 unspecified atom stereocenters. The molecule has 6 heteroatoms. The van der Waals surface area contributed by atoms with Gasteiger partial charge < -0.3 is 15.3 Å². The number of amides is 1. The van der Waals surface area contributed by atoms with Gasteiger partial charge in [0, 0.05) is 5.56 Å². The third kappa shape index (κ3) is 1.76. The number of carbonyl (C=O) groups is 1. The van der Waals surface area contributed by atoms with Crippen LogP contribution in [0.2, 0.25) is 0 Å². The summed E-state index contributed by atoms with van der Waals surface area (Å²) in [6.45, 7) is 0. The highest BCUT2D eigenvalue weighted by Crippen LogP contribution is 2.32. The predicted molar refractivity (Wildman–Crippen MR) is 44.7 cm³/mol. The lowest BCUT2D eigenvalue weighted by molar-refractivity contribution is -0.138. The Hall–Kier alpha value is -1.79. The van der Waals surface area contributed by atoms with E-state index in [-0.39, 0.29) is 5.56 Å². The van der Waals surface area contributed by atoms with Crippen LogP contribution in [0.5, 0.6) is 11.5 Å². The van der Waals surface area contributed by atoms with Gasteiger partial charge in [0.1, 0.15) is 0 Å². The molecule has 0 bridgehead atoms. The molecule has 0 aromatic heterocycles. The van der Waals surface area contributed by atoms with E-state index in [0.29, 0.717) is 0 Å². The van der Waals surface area contributed by atoms with Crippen LogP contribution in [0, 0.1) is 0 Å². The zero-order valence-electron chi connectivity index (χ0n) is 7.01. The highest BCUT2D eigenvalue weighted by Gasteiger charge is 2.21. The van der Waals surface area contributed by atoms with Crippen molar-refractivity contribution in [1.29, 1.82) is 0 Å². The Labute approximate surface area is 79.0 Å². The molecule has 0 saturated heterocycles. The molecule has 1 atom stereocenters. The topological polar surface area (TPSA) is 110 Å². The van der Waals surface area contributed by atoms with Crippen LogP contribution in [0.15, 0.2) is 18.2 Å². The smallest absolute Gasteiger partial charge is 0.276 e. The second kappa shape index (κ2) is 3.95. The van der Waals surface area contributed by atoms with Crippen LogP contribution in [0.1, 0.15) is 11.7 Å². The zero-order chi connectivity index (χ0) is 10.7. The van der Waals surface area contributed by atoms with Crippen LogP contribution >= 0.6 is 0 Å². The van der Waals surface area contributed by atoms with E-state index < -0.39 is 23.5 Å². The molecule has 5 N–H and O–H groups in total. The molecule has 0 spiro atoms. The van der Waals surface area contributed by atoms with Crippen molar-refractivity contribution in [2.75, 3.05) is 0 Å². The maximum absolute atomic E-state index is 10.8. The fourth-order valence-electron chi connectivity index (χ4n) is 0.972. The first kappa shape index (κ1) is 10.3. The molecule has 0 fully saturated rings. The molecular formula is C8H9NO5. The summed E-state index contributed by atoms with van der Waals surface area (Å²) in [5, 5.41) is 35.8. The first-order valence-electron chi connectivity index (χ1n) is 3.70. The molecule has 1 rings (SSSR count). The Morgan fingerprint density at radius 2 is 2.00 bits per heavy atom. The minimum Gasteiger partial charge on any atom is -0.504 e. The van der Waals surface area contributed by atoms with Crippen LogP contribution in [0.4, 0.5) is 0 Å². The van der Waals surface area contributed by atoms with E-state index in [1.807, 2.05) is 0 Å². The standard InChI is InChI=1S/C8H9NO5/c10-5-3-1-2-4(6(5)11)7(12)8(13)9-14/h1-3,7,10-12,14H,(H,9,13). The lowest BCUT2D eigenvalue weighted by atomic mass is 10.1. The Kier molecular flexibility index (Phi) is 2.90. The van der Waals surface area contributed by atoms with E-state index in [2.05, 4.69) is 0 Å². The predicted octanol–water partition coefficient (Wildman–Crippen LogP) is -0.363. The van der Waals surface area contributed by atoms with Crippen LogP contribution in [0.3, 0.4) is 0 Å². The quantitative estimate of drug-likeness (QED) is 0.254. The Bertz CT molecular complexity index is 352. The Morgan fingerprint density at radius 1 is 1.36 bits per heavy atom. The maximum Gasteiger partial charge on any atom is 0.276 e. The van der Waals surface area contributed by atoms with Gasteiger partial charge in [-0.15, -0.1) is 0 Å². The monoisotopic (exact) mass is 199 g/mol. The highest BCUT2D eigenvalue weighted by atomic mass is 16.5. The number of aliphatic hydroxyl groups is 1. The van der Waals surface area contributed by atoms with Gasteiger partial charge in [0.05, 0.1) is 0 Å². The summed E-state index contributed by atoms with van der Waals surface area (Å²) in [6, 6.07) is 3.79. The summed E-state index contributed by atoms with van der Waals surface area (Å²) in [5.74, 6) is -2.14. The summed E-state index contributed by atoms with van der Waals surface area (Å²) < 4.78 is 0. The van der Waals surface area contributed by atoms with Gasteiger partial charge in [0.2, 0.25) is 0 Å². The number of phenolic OH excluding ortho intramolecular Hbond substituents is 2. The zero-order valence-corrected chi connectivity index (χ0v) is 7.01. The number of para-hydroxylation sites is 1. The number of hydroxylamine groups is 1. The van der Waals surface area contributed by atoms with Crippen molar-refractivity contribution in [3.05, 3.63) is 23.8 Å². The number of carbonyl (C=O) groups excluding carboxylic acids is 1. The molecule has 0 heterocycles. The molecule has 1 amide bonds. The Morgan fingerprint density at radius 3 is 2.57 bits per heavy atom. The fourth-order valence-corrected chi connectivity index (χ4v) is 0.972. The molecule has 6 nitrogen and oxygen atoms in total. The number of benzene rings is 1. The lowest BCUT2D eigenvalue weighted by Crippen LogP contribution is -2.26. The molecule has 0 aliphatic rings. The molecule has 0 radical (unpaired) electrons. The summed E-state index contributed by atoms with van der Waals surface area (Å²) in [7, 11) is 0. The van der Waals surface area contributed by atoms with Gasteiger partial charge in [-0.3, -0.25) is 10.0 Å². The van der Waals surface area contributed by atoms with Crippen LogP contribution in [-0.2, 0) is 4.79 Å². The molecule has 14 heavy (non-hydrogen) atoms. The third-order valence-corrected chi connectivity index (χ3v) is 1.70. The summed E-state index contributed by atoms with van der Waals surface area (Å²) >= 11 is 0. The second-order valence-corrected chi connectivity index (χ2v) is 2.59. The summed E-state index contributed by atoms with van der Waals surface area (Å²) in [4.78, 5) is 10.8. The lowest BCUT2D eigenvalue weighted by Gasteiger charge is -2.10. The van der Waals surface area contributed by atoms with Gasteiger partial charge in [-0.25, -0.2) is 5.48 Å². The summed E-state index contributed by atoms with van der Waals surface area (Å²) in [5.41, 5.74) is 1.04. The summed E-state index contributed by atoms with van der Waals surface area (Å²) in [6.07, 6.45) is -1.73. The molecule has 0 aliphatic carbocycles. The molecular weight excluding hydrogens is 190 g/mol. The molecule has 1 aromatic rings. The average molecular weight is 199 g/mol. The van der Waals surface area contributed by atoms with Gasteiger partial charge in [-0.05, 0) is 6.07 Å². The number of aromatic hydroxyl groups is 2. The van der Waals surface area contributed by atoms with Crippen molar-refractivity contribution < 1.29 is 25.3 Å². The number of rotatable bonds is 2. The van der Waals surface area contributed by atoms with Crippen LogP contribution in [0.25, 0.3) is 0 Å². The van der Waals surface area contributed by atoms with E-state index in [4.69, 9.17) is 10.3 Å². The van der Waals surface area contributed by atoms with Gasteiger partial charge in [0.15, 0.2) is 17.6 Å². The van der Waals surface area contributed by atoms with Crippen molar-refractivity contribution in [3.8, 4) is 11.5 Å². The van der Waals surface area contributed by atoms with Crippen LogP contribution < -0.4 is 5.48 Å². The van der Waals surface area contributed by atoms with Crippen molar-refractivity contribution in [1.82, 2.24) is 5.48 Å². The van der Waals surface area contributed by atoms with E-state index >= 15 is 0 Å². The molecule has 1 aromatic carbocycles. The first-order chi connectivity index (χ1) is 6.57. The highest BCUT2D eigenvalue weighted by molar-refractivity contribution is 5.81. The van der Waals surface area contributed by atoms with Gasteiger partial charge in [0.25, 0.3) is 5.91 Å². The molecule has 76 valence electrons. The average Bonchev–Trinajstić information content (AvgIpc) is 2.20. The van der Waals surface area contributed by atoms with E-state index in [0.717, 1.165) is 0 Å². The number of hydrogen-bond acceptors (Lipinski definition) is 5. The minimum atomic E-state index is -1.73. The van der Waals surface area contributed by atoms with Gasteiger partial charge >= 0.3 is 0 Å². The number of hydrogen-bond donors (Lipinski definition) is 5. The van der Waals surface area contributed by atoms with Crippen LogP contribution in [-0.4, -0.2) is 26.4 Å². The van der Waals surface area contributed by atoms with E-state index in [9.17, 15) is 15.0 Å². The molecule has 0 saturated carbocycles. The van der Waals surface area contributed by atoms with E-state index in [1.165, 1.54) is 23.7 Å². The first-order valence-corrected chi connectivity index (χ1v) is 3.70. The van der Waals surface area contributed by atoms with Gasteiger partial charge in [-0.1, -0.05) is 12.1 Å². The van der Waals surface area contributed by atoms with Gasteiger partial charge in [-0.2, -0.15) is 0 Å². The maximum atomic E-state index is 10.8. The fraction of sp³-hybridized carbons (Fsp3) is 0.125. The minimum absolute atomic E-state index is 0.184. The normalized spacial score (nSPS) is 12.1.